The first kappa shape index (κ1) is 15.2. The van der Waals surface area contributed by atoms with Gasteiger partial charge in [0, 0.05) is 0 Å². The first-order chi connectivity index (χ1) is 9.80. The molecule has 0 spiro atoms. The number of hydrogen-bond donors (Lipinski definition) is 2. The number of halogens is 3. The first-order valence-electron chi connectivity index (χ1n) is 6.09. The number of aromatic nitrogens is 2. The molecular formula is C13H14F3N3O2. The van der Waals surface area contributed by atoms with Crippen LogP contribution >= 0.6 is 0 Å². The van der Waals surface area contributed by atoms with Crippen molar-refractivity contribution in [3.63, 3.8) is 0 Å². The highest BCUT2D eigenvalue weighted by Gasteiger charge is 2.39. The van der Waals surface area contributed by atoms with Gasteiger partial charge in [0.15, 0.2) is 6.10 Å². The standard InChI is InChI=1S/C13H14F3N3O2/c1-8-11(17)19(9-5-3-2-4-6-9)18-12(8)21-7-10(20)13(14,15)16/h2-6,10,20H,7,17H2,1H3. The molecule has 1 heterocycles. The third-order valence-electron chi connectivity index (χ3n) is 2.88. The van der Waals surface area contributed by atoms with Crippen LogP contribution in [-0.2, 0) is 0 Å². The molecule has 5 nitrogen and oxygen atoms in total. The van der Waals surface area contributed by atoms with Gasteiger partial charge in [0.25, 0.3) is 0 Å². The molecule has 0 saturated heterocycles. The molecule has 1 unspecified atom stereocenters. The molecule has 8 heteroatoms. The summed E-state index contributed by atoms with van der Waals surface area (Å²) in [7, 11) is 0. The Hall–Kier alpha value is -2.22. The van der Waals surface area contributed by atoms with Crippen molar-refractivity contribution in [2.75, 3.05) is 12.3 Å². The van der Waals surface area contributed by atoms with Gasteiger partial charge < -0.3 is 15.6 Å². The minimum atomic E-state index is -4.73. The fraction of sp³-hybridized carbons (Fsp3) is 0.308. The second kappa shape index (κ2) is 5.65. The van der Waals surface area contributed by atoms with Crippen LogP contribution in [0.15, 0.2) is 30.3 Å². The highest BCUT2D eigenvalue weighted by atomic mass is 19.4. The summed E-state index contributed by atoms with van der Waals surface area (Å²) in [6.07, 6.45) is -7.30. The molecule has 1 aromatic carbocycles. The van der Waals surface area contributed by atoms with Crippen LogP contribution in [0.3, 0.4) is 0 Å². The van der Waals surface area contributed by atoms with Crippen molar-refractivity contribution in [3.8, 4) is 11.6 Å². The quantitative estimate of drug-likeness (QED) is 0.906. The number of anilines is 1. The van der Waals surface area contributed by atoms with Crippen LogP contribution in [0.2, 0.25) is 0 Å². The molecule has 3 N–H and O–H groups in total. The number of aliphatic hydroxyl groups is 1. The van der Waals surface area contributed by atoms with Crippen molar-refractivity contribution in [3.05, 3.63) is 35.9 Å². The van der Waals surface area contributed by atoms with E-state index in [0.717, 1.165) is 0 Å². The molecule has 0 saturated carbocycles. The summed E-state index contributed by atoms with van der Waals surface area (Å²) >= 11 is 0. The SMILES string of the molecule is Cc1c(OCC(O)C(F)(F)F)nn(-c2ccccc2)c1N. The van der Waals surface area contributed by atoms with Crippen molar-refractivity contribution < 1.29 is 23.0 Å². The minimum absolute atomic E-state index is 0.0420. The van der Waals surface area contributed by atoms with E-state index in [4.69, 9.17) is 15.6 Å². The summed E-state index contributed by atoms with van der Waals surface area (Å²) in [5.41, 5.74) is 6.93. The molecule has 0 bridgehead atoms. The number of para-hydroxylation sites is 1. The zero-order valence-electron chi connectivity index (χ0n) is 11.1. The van der Waals surface area contributed by atoms with Gasteiger partial charge in [-0.15, -0.1) is 5.10 Å². The lowest BCUT2D eigenvalue weighted by Crippen LogP contribution is -2.34. The van der Waals surface area contributed by atoms with E-state index in [9.17, 15) is 13.2 Å². The smallest absolute Gasteiger partial charge is 0.417 e. The second-order valence-electron chi connectivity index (χ2n) is 4.43. The molecule has 0 aliphatic heterocycles. The molecule has 21 heavy (non-hydrogen) atoms. The Morgan fingerprint density at radius 3 is 2.52 bits per heavy atom. The molecule has 0 amide bonds. The monoisotopic (exact) mass is 301 g/mol. The predicted octanol–water partition coefficient (Wildman–Crippen LogP) is 2.06. The Morgan fingerprint density at radius 2 is 1.95 bits per heavy atom. The van der Waals surface area contributed by atoms with Crippen LogP contribution in [0.5, 0.6) is 5.88 Å². The van der Waals surface area contributed by atoms with Crippen LogP contribution in [0.4, 0.5) is 19.0 Å². The molecule has 1 atom stereocenters. The maximum absolute atomic E-state index is 12.2. The summed E-state index contributed by atoms with van der Waals surface area (Å²) in [6.45, 7) is 0.645. The van der Waals surface area contributed by atoms with Crippen LogP contribution in [0, 0.1) is 6.92 Å². The molecule has 0 aliphatic carbocycles. The van der Waals surface area contributed by atoms with Crippen molar-refractivity contribution in [1.82, 2.24) is 9.78 Å². The third kappa shape index (κ3) is 3.27. The molecule has 114 valence electrons. The van der Waals surface area contributed by atoms with E-state index >= 15 is 0 Å². The Bertz CT molecular complexity index is 611. The average Bonchev–Trinajstić information content (AvgIpc) is 2.72. The van der Waals surface area contributed by atoms with Gasteiger partial charge >= 0.3 is 6.18 Å². The van der Waals surface area contributed by atoms with Crippen LogP contribution in [0.25, 0.3) is 5.69 Å². The lowest BCUT2D eigenvalue weighted by atomic mass is 10.3. The van der Waals surface area contributed by atoms with E-state index < -0.39 is 18.9 Å². The first-order valence-corrected chi connectivity index (χ1v) is 6.09. The summed E-state index contributed by atoms with van der Waals surface area (Å²) < 4.78 is 43.0. The van der Waals surface area contributed by atoms with Crippen molar-refractivity contribution in [2.24, 2.45) is 0 Å². The van der Waals surface area contributed by atoms with Crippen molar-refractivity contribution >= 4 is 5.82 Å². The lowest BCUT2D eigenvalue weighted by molar-refractivity contribution is -0.210. The number of rotatable bonds is 4. The Morgan fingerprint density at radius 1 is 1.33 bits per heavy atom. The van der Waals surface area contributed by atoms with Gasteiger partial charge in [-0.05, 0) is 19.1 Å². The molecule has 0 fully saturated rings. The Balaban J connectivity index is 2.19. The van der Waals surface area contributed by atoms with E-state index in [1.807, 2.05) is 6.07 Å². The van der Waals surface area contributed by atoms with E-state index in [0.29, 0.717) is 11.3 Å². The zero-order chi connectivity index (χ0) is 15.6. The number of alkyl halides is 3. The molecule has 2 rings (SSSR count). The van der Waals surface area contributed by atoms with Crippen molar-refractivity contribution in [2.45, 2.75) is 19.2 Å². The van der Waals surface area contributed by atoms with E-state index in [-0.39, 0.29) is 11.7 Å². The molecule has 1 aromatic heterocycles. The number of nitrogens with zero attached hydrogens (tertiary/aromatic N) is 2. The Kier molecular flexibility index (Phi) is 4.08. The molecule has 0 radical (unpaired) electrons. The fourth-order valence-corrected chi connectivity index (χ4v) is 1.64. The van der Waals surface area contributed by atoms with Gasteiger partial charge in [-0.1, -0.05) is 18.2 Å². The number of nitrogen functional groups attached to an aromatic ring is 1. The van der Waals surface area contributed by atoms with Gasteiger partial charge in [0.1, 0.15) is 12.4 Å². The molecule has 0 aliphatic rings. The number of ether oxygens (including phenoxy) is 1. The second-order valence-corrected chi connectivity index (χ2v) is 4.43. The van der Waals surface area contributed by atoms with E-state index in [1.54, 1.807) is 31.2 Å². The maximum Gasteiger partial charge on any atom is 0.417 e. The number of nitrogens with two attached hydrogens (primary N) is 1. The largest absolute Gasteiger partial charge is 0.473 e. The van der Waals surface area contributed by atoms with Gasteiger partial charge in [-0.3, -0.25) is 0 Å². The van der Waals surface area contributed by atoms with Gasteiger partial charge in [0.05, 0.1) is 11.3 Å². The number of aliphatic hydroxyl groups excluding tert-OH is 1. The summed E-state index contributed by atoms with van der Waals surface area (Å²) in [4.78, 5) is 0. The number of benzene rings is 1. The van der Waals surface area contributed by atoms with Crippen LogP contribution in [-0.4, -0.2) is 33.8 Å². The van der Waals surface area contributed by atoms with Crippen LogP contribution < -0.4 is 10.5 Å². The van der Waals surface area contributed by atoms with Gasteiger partial charge in [-0.25, -0.2) is 4.68 Å². The summed E-state index contributed by atoms with van der Waals surface area (Å²) in [5, 5.41) is 12.9. The summed E-state index contributed by atoms with van der Waals surface area (Å²) in [5.74, 6) is 0.220. The maximum atomic E-state index is 12.2. The van der Waals surface area contributed by atoms with Crippen molar-refractivity contribution in [1.29, 1.82) is 0 Å². The third-order valence-corrected chi connectivity index (χ3v) is 2.88. The fourth-order valence-electron chi connectivity index (χ4n) is 1.64. The lowest BCUT2D eigenvalue weighted by Gasteiger charge is -2.14. The molecular weight excluding hydrogens is 287 g/mol. The highest BCUT2D eigenvalue weighted by molar-refractivity contribution is 5.51. The zero-order valence-corrected chi connectivity index (χ0v) is 11.1. The predicted molar refractivity (Wildman–Crippen MR) is 70.3 cm³/mol. The summed E-state index contributed by atoms with van der Waals surface area (Å²) in [6, 6.07) is 8.86. The van der Waals surface area contributed by atoms with E-state index in [1.165, 1.54) is 4.68 Å². The topological polar surface area (TPSA) is 73.3 Å². The van der Waals surface area contributed by atoms with Gasteiger partial charge in [0.2, 0.25) is 5.88 Å². The average molecular weight is 301 g/mol. The normalized spacial score (nSPS) is 13.2. The molecule has 2 aromatic rings. The van der Waals surface area contributed by atoms with Gasteiger partial charge in [-0.2, -0.15) is 13.2 Å². The Labute approximate surface area is 118 Å². The van der Waals surface area contributed by atoms with Crippen LogP contribution in [0.1, 0.15) is 5.56 Å². The highest BCUT2D eigenvalue weighted by Crippen LogP contribution is 2.27. The van der Waals surface area contributed by atoms with E-state index in [2.05, 4.69) is 5.10 Å². The number of hydrogen-bond acceptors (Lipinski definition) is 4. The minimum Gasteiger partial charge on any atom is -0.473 e.